The molecule has 30 heavy (non-hydrogen) atoms. The van der Waals surface area contributed by atoms with Crippen LogP contribution < -0.4 is 0 Å². The van der Waals surface area contributed by atoms with Crippen LogP contribution in [0.25, 0.3) is 0 Å². The van der Waals surface area contributed by atoms with Crippen molar-refractivity contribution in [2.45, 2.75) is 104 Å². The molecule has 0 saturated heterocycles. The number of allylic oxidation sites excluding steroid dienone is 4. The zero-order valence-electron chi connectivity index (χ0n) is 19.3. The molecule has 0 amide bonds. The Hall–Kier alpha value is 0.959. The number of hydrogen-bond acceptors (Lipinski definition) is 1. The molecule has 3 saturated carbocycles. The third-order valence-electron chi connectivity index (χ3n) is 8.35. The maximum Gasteiger partial charge on any atom is 0 e. The van der Waals surface area contributed by atoms with Gasteiger partial charge in [-0.3, -0.25) is 0 Å². The third kappa shape index (κ3) is 6.98. The van der Waals surface area contributed by atoms with Crippen molar-refractivity contribution in [3.05, 3.63) is 35.5 Å². The Balaban J connectivity index is 0.00000225. The second-order valence-corrected chi connectivity index (χ2v) is 10.8. The van der Waals surface area contributed by atoms with Gasteiger partial charge in [0.2, 0.25) is 0 Å². The van der Waals surface area contributed by atoms with Crippen molar-refractivity contribution in [3.8, 4) is 0 Å². The van der Waals surface area contributed by atoms with Crippen LogP contribution in [0.4, 0.5) is 0 Å². The summed E-state index contributed by atoms with van der Waals surface area (Å²) in [6.07, 6.45) is 18.2. The third-order valence-corrected chi connectivity index (χ3v) is 8.35. The Labute approximate surface area is 227 Å². The van der Waals surface area contributed by atoms with Gasteiger partial charge in [0.05, 0.1) is 6.10 Å². The topological polar surface area (TPSA) is 20.2 Å². The first-order valence-electron chi connectivity index (χ1n) is 12.1. The molecule has 5 atom stereocenters. The average molecular weight is 490 g/mol. The van der Waals surface area contributed by atoms with E-state index in [1.165, 1.54) is 62.5 Å². The number of aliphatic hydroxyl groups excluding tert-OH is 1. The van der Waals surface area contributed by atoms with E-state index in [1.54, 1.807) is 5.57 Å². The van der Waals surface area contributed by atoms with Crippen LogP contribution >= 0.6 is 0 Å². The zero-order valence-corrected chi connectivity index (χ0v) is 20.2. The molecule has 3 rings (SSSR count). The SMILES string of the molecule is C=C1CC[C@H](O)C/C1=C\C=C1/CCC[C@]2(C)[C@@H](C(C)CCCC(C)C)CC[C@@H]12.[CaH2].[Cu]. The van der Waals surface area contributed by atoms with Gasteiger partial charge in [-0.25, -0.2) is 0 Å². The molecule has 1 radical (unpaired) electrons. The number of fused-ring (bicyclic) bond motifs is 1. The second-order valence-electron chi connectivity index (χ2n) is 10.8. The van der Waals surface area contributed by atoms with Crippen molar-refractivity contribution in [2.24, 2.45) is 29.1 Å². The first-order chi connectivity index (χ1) is 13.3. The van der Waals surface area contributed by atoms with Gasteiger partial charge >= 0.3 is 37.7 Å². The smallest absolute Gasteiger partial charge is 0 e. The fourth-order valence-electron chi connectivity index (χ4n) is 6.66. The van der Waals surface area contributed by atoms with Crippen LogP contribution in [0.5, 0.6) is 0 Å². The van der Waals surface area contributed by atoms with Crippen LogP contribution in [0.15, 0.2) is 35.5 Å². The van der Waals surface area contributed by atoms with Crippen LogP contribution in [0.2, 0.25) is 0 Å². The minimum absolute atomic E-state index is 0. The van der Waals surface area contributed by atoms with Gasteiger partial charge in [-0.05, 0) is 86.0 Å². The van der Waals surface area contributed by atoms with Gasteiger partial charge in [-0.1, -0.05) is 76.8 Å². The quantitative estimate of drug-likeness (QED) is 0.411. The maximum atomic E-state index is 10.0. The molecule has 0 aromatic heterocycles. The number of hydrogen-bond donors (Lipinski definition) is 1. The van der Waals surface area contributed by atoms with Gasteiger partial charge in [-0.15, -0.1) is 0 Å². The fraction of sp³-hybridized carbons (Fsp3) is 0.778. The van der Waals surface area contributed by atoms with Crippen LogP contribution in [-0.4, -0.2) is 48.9 Å². The molecule has 1 N–H and O–H groups in total. The summed E-state index contributed by atoms with van der Waals surface area (Å²) in [4.78, 5) is 0. The summed E-state index contributed by atoms with van der Waals surface area (Å²) in [5.74, 6) is 3.37. The van der Waals surface area contributed by atoms with Gasteiger partial charge in [0.1, 0.15) is 0 Å². The van der Waals surface area contributed by atoms with Gasteiger partial charge in [0, 0.05) is 17.1 Å². The van der Waals surface area contributed by atoms with E-state index in [1.807, 2.05) is 0 Å². The van der Waals surface area contributed by atoms with Crippen LogP contribution in [0.3, 0.4) is 0 Å². The number of rotatable bonds is 6. The predicted molar refractivity (Wildman–Crippen MR) is 130 cm³/mol. The molecule has 1 unspecified atom stereocenters. The van der Waals surface area contributed by atoms with Crippen LogP contribution in [0, 0.1) is 29.1 Å². The summed E-state index contributed by atoms with van der Waals surface area (Å²) in [6, 6.07) is 0. The summed E-state index contributed by atoms with van der Waals surface area (Å²) in [5, 5.41) is 10.0. The minimum Gasteiger partial charge on any atom is 0 e. The van der Waals surface area contributed by atoms with E-state index in [4.69, 9.17) is 0 Å². The Morgan fingerprint density at radius 2 is 1.83 bits per heavy atom. The molecular weight excluding hydrogens is 444 g/mol. The molecular formula is C27H46CaCuO. The molecule has 3 fully saturated rings. The van der Waals surface area contributed by atoms with E-state index in [9.17, 15) is 5.11 Å². The maximum absolute atomic E-state index is 10.0. The summed E-state index contributed by atoms with van der Waals surface area (Å²) in [6.45, 7) is 14.1. The minimum atomic E-state index is -0.172. The standard InChI is InChI=1S/C27H44O.Ca.Cu.2H/c1-19(2)8-6-9-21(4)25-15-16-26-22(10-7-17-27(25,26)5)12-13-23-18-24(28)14-11-20(23)3;;;;/h12-13,19,21,24-26,28H,3,6-11,14-18H2,1-2,4-5H3;;;;/b22-12+,23-13+;;;;/t21?,24-,25+,26-,27+;;;;/m0..../s1. The van der Waals surface area contributed by atoms with E-state index in [0.29, 0.717) is 5.41 Å². The monoisotopic (exact) mass is 489 g/mol. The summed E-state index contributed by atoms with van der Waals surface area (Å²) < 4.78 is 0. The molecule has 0 spiro atoms. The average Bonchev–Trinajstić information content (AvgIpc) is 2.99. The summed E-state index contributed by atoms with van der Waals surface area (Å²) >= 11 is 0. The second kappa shape index (κ2) is 13.0. The van der Waals surface area contributed by atoms with E-state index >= 15 is 0 Å². The molecule has 0 aromatic carbocycles. The van der Waals surface area contributed by atoms with Crippen molar-refractivity contribution in [1.29, 1.82) is 0 Å². The molecule has 173 valence electrons. The van der Waals surface area contributed by atoms with Gasteiger partial charge in [-0.2, -0.15) is 0 Å². The van der Waals surface area contributed by atoms with Gasteiger partial charge < -0.3 is 5.11 Å². The first kappa shape index (κ1) is 29.0. The molecule has 0 bridgehead atoms. The Kier molecular flexibility index (Phi) is 12.6. The molecule has 0 heterocycles. The van der Waals surface area contributed by atoms with E-state index in [-0.39, 0.29) is 60.9 Å². The van der Waals surface area contributed by atoms with Crippen molar-refractivity contribution in [2.75, 3.05) is 0 Å². The van der Waals surface area contributed by atoms with Crippen molar-refractivity contribution < 1.29 is 22.2 Å². The molecule has 3 aliphatic rings. The van der Waals surface area contributed by atoms with Crippen molar-refractivity contribution in [3.63, 3.8) is 0 Å². The van der Waals surface area contributed by atoms with E-state index < -0.39 is 0 Å². The van der Waals surface area contributed by atoms with Crippen molar-refractivity contribution in [1.82, 2.24) is 0 Å². The fourth-order valence-corrected chi connectivity index (χ4v) is 6.66. The largest absolute Gasteiger partial charge is 0 e. The van der Waals surface area contributed by atoms with Gasteiger partial charge in [0.15, 0.2) is 0 Å². The van der Waals surface area contributed by atoms with E-state index in [0.717, 1.165) is 42.9 Å². The summed E-state index contributed by atoms with van der Waals surface area (Å²) in [7, 11) is 0. The van der Waals surface area contributed by atoms with E-state index in [2.05, 4.69) is 46.4 Å². The molecule has 3 heteroatoms. The van der Waals surface area contributed by atoms with Crippen LogP contribution in [0.1, 0.15) is 98.3 Å². The predicted octanol–water partition coefficient (Wildman–Crippen LogP) is 6.70. The van der Waals surface area contributed by atoms with Crippen molar-refractivity contribution >= 4 is 37.7 Å². The molecule has 3 aliphatic carbocycles. The Bertz CT molecular complexity index is 622. The number of aliphatic hydroxyl groups is 1. The molecule has 1 nitrogen and oxygen atoms in total. The first-order valence-corrected chi connectivity index (χ1v) is 12.1. The van der Waals surface area contributed by atoms with Crippen LogP contribution in [-0.2, 0) is 17.1 Å². The Morgan fingerprint density at radius 3 is 2.53 bits per heavy atom. The Morgan fingerprint density at radius 1 is 1.10 bits per heavy atom. The zero-order chi connectivity index (χ0) is 20.3. The molecule has 0 aromatic rings. The molecule has 0 aliphatic heterocycles. The normalized spacial score (nSPS) is 35.1. The summed E-state index contributed by atoms with van der Waals surface area (Å²) in [5.41, 5.74) is 4.72. The van der Waals surface area contributed by atoms with Gasteiger partial charge in [0.25, 0.3) is 0 Å².